The van der Waals surface area contributed by atoms with Crippen molar-refractivity contribution in [3.05, 3.63) is 53.1 Å². The number of nitrogens with one attached hydrogen (secondary N) is 2. The largest absolute Gasteiger partial charge is 0.391 e. The molecule has 1 fully saturated rings. The molecule has 0 bridgehead atoms. The zero-order valence-electron chi connectivity index (χ0n) is 16.4. The molecule has 2 aliphatic carbocycles. The summed E-state index contributed by atoms with van der Waals surface area (Å²) in [5, 5.41) is 16.5. The molecule has 1 aromatic carbocycles. The molecule has 29 heavy (non-hydrogen) atoms. The van der Waals surface area contributed by atoms with Crippen molar-refractivity contribution in [2.24, 2.45) is 5.92 Å². The Labute approximate surface area is 170 Å². The van der Waals surface area contributed by atoms with Gasteiger partial charge in [0, 0.05) is 12.5 Å². The number of hydrogen-bond donors (Lipinski definition) is 3. The molecule has 1 aromatic heterocycles. The lowest BCUT2D eigenvalue weighted by Gasteiger charge is -2.32. The number of fused-ring (bicyclic) bond motifs is 1. The second-order valence-corrected chi connectivity index (χ2v) is 8.08. The van der Waals surface area contributed by atoms with E-state index in [9.17, 15) is 14.3 Å². The number of aliphatic hydroxyl groups excluding tert-OH is 1. The molecule has 0 spiro atoms. The molecule has 6 nitrogen and oxygen atoms in total. The molecular formula is C22H27FN4O2. The minimum atomic E-state index is -0.683. The quantitative estimate of drug-likeness (QED) is 0.721. The number of aliphatic hydroxyl groups is 1. The van der Waals surface area contributed by atoms with Crippen molar-refractivity contribution >= 4 is 11.9 Å². The molecule has 3 unspecified atom stereocenters. The fraction of sp³-hybridized carbons (Fsp3) is 0.500. The Morgan fingerprint density at radius 1 is 1.14 bits per heavy atom. The van der Waals surface area contributed by atoms with Crippen LogP contribution in [0.5, 0.6) is 0 Å². The molecular weight excluding hydrogens is 371 g/mol. The highest BCUT2D eigenvalue weighted by molar-refractivity contribution is 5.78. The minimum Gasteiger partial charge on any atom is -0.391 e. The van der Waals surface area contributed by atoms with E-state index in [2.05, 4.69) is 38.8 Å². The number of aromatic nitrogens is 2. The average molecular weight is 398 g/mol. The van der Waals surface area contributed by atoms with Crippen molar-refractivity contribution in [1.29, 1.82) is 0 Å². The van der Waals surface area contributed by atoms with Gasteiger partial charge in [-0.25, -0.2) is 14.4 Å². The highest BCUT2D eigenvalue weighted by atomic mass is 19.1. The van der Waals surface area contributed by atoms with Crippen LogP contribution in [0.3, 0.4) is 0 Å². The summed E-state index contributed by atoms with van der Waals surface area (Å²) in [7, 11) is 0. The fourth-order valence-electron chi connectivity index (χ4n) is 4.34. The maximum Gasteiger partial charge on any atom is 0.223 e. The number of carbonyl (C=O) groups is 1. The summed E-state index contributed by atoms with van der Waals surface area (Å²) in [5.74, 6) is -0.450. The molecule has 1 amide bonds. The van der Waals surface area contributed by atoms with E-state index in [0.717, 1.165) is 30.8 Å². The number of nitrogens with zero attached hydrogens (tertiary/aromatic N) is 2. The summed E-state index contributed by atoms with van der Waals surface area (Å²) in [4.78, 5) is 20.3. The van der Waals surface area contributed by atoms with Crippen molar-refractivity contribution < 1.29 is 14.3 Å². The van der Waals surface area contributed by atoms with E-state index in [4.69, 9.17) is 0 Å². The van der Waals surface area contributed by atoms with Crippen molar-refractivity contribution in [2.75, 3.05) is 5.32 Å². The molecule has 7 heteroatoms. The lowest BCUT2D eigenvalue weighted by atomic mass is 9.83. The van der Waals surface area contributed by atoms with Crippen molar-refractivity contribution in [2.45, 2.75) is 63.6 Å². The average Bonchev–Trinajstić information content (AvgIpc) is 2.74. The summed E-state index contributed by atoms with van der Waals surface area (Å²) in [6.07, 6.45) is 7.94. The van der Waals surface area contributed by atoms with Crippen LogP contribution in [0.15, 0.2) is 30.6 Å². The van der Waals surface area contributed by atoms with Gasteiger partial charge < -0.3 is 15.7 Å². The molecule has 154 valence electrons. The van der Waals surface area contributed by atoms with E-state index in [0.29, 0.717) is 25.8 Å². The zero-order valence-corrected chi connectivity index (χ0v) is 16.4. The van der Waals surface area contributed by atoms with Gasteiger partial charge >= 0.3 is 0 Å². The molecule has 2 aromatic rings. The predicted octanol–water partition coefficient (Wildman–Crippen LogP) is 2.75. The number of aryl methyl sites for hydroxylation is 2. The van der Waals surface area contributed by atoms with Crippen LogP contribution < -0.4 is 10.6 Å². The van der Waals surface area contributed by atoms with E-state index in [1.165, 1.54) is 24.0 Å². The molecule has 4 rings (SSSR count). The fourth-order valence-corrected chi connectivity index (χ4v) is 4.34. The van der Waals surface area contributed by atoms with Gasteiger partial charge in [-0.1, -0.05) is 18.2 Å². The third-order valence-electron chi connectivity index (χ3n) is 6.00. The summed E-state index contributed by atoms with van der Waals surface area (Å²) >= 11 is 0. The Kier molecular flexibility index (Phi) is 6.04. The number of carbonyl (C=O) groups excluding carboxylic acids is 1. The summed E-state index contributed by atoms with van der Waals surface area (Å²) in [6.45, 7) is 0.518. The van der Waals surface area contributed by atoms with E-state index in [-0.39, 0.29) is 23.8 Å². The van der Waals surface area contributed by atoms with Gasteiger partial charge in [-0.05, 0) is 61.6 Å². The smallest absolute Gasteiger partial charge is 0.223 e. The first-order valence-corrected chi connectivity index (χ1v) is 10.4. The van der Waals surface area contributed by atoms with Crippen LogP contribution >= 0.6 is 0 Å². The molecule has 3 atom stereocenters. The summed E-state index contributed by atoms with van der Waals surface area (Å²) < 4.78 is 12.9. The van der Waals surface area contributed by atoms with E-state index in [1.54, 1.807) is 0 Å². The number of halogens is 1. The Hall–Kier alpha value is -2.54. The van der Waals surface area contributed by atoms with Gasteiger partial charge in [-0.2, -0.15) is 0 Å². The lowest BCUT2D eigenvalue weighted by molar-refractivity contribution is -0.127. The van der Waals surface area contributed by atoms with Crippen LogP contribution in [-0.4, -0.2) is 33.1 Å². The molecule has 2 aliphatic rings. The van der Waals surface area contributed by atoms with Crippen molar-refractivity contribution in [1.82, 2.24) is 15.3 Å². The molecule has 1 heterocycles. The van der Waals surface area contributed by atoms with E-state index >= 15 is 0 Å². The Morgan fingerprint density at radius 2 is 1.90 bits per heavy atom. The second-order valence-electron chi connectivity index (χ2n) is 8.08. The van der Waals surface area contributed by atoms with Gasteiger partial charge in [0.05, 0.1) is 24.5 Å². The zero-order chi connectivity index (χ0) is 20.2. The van der Waals surface area contributed by atoms with Crippen molar-refractivity contribution in [3.8, 4) is 0 Å². The van der Waals surface area contributed by atoms with Crippen molar-refractivity contribution in [3.63, 3.8) is 0 Å². The normalized spacial score (nSPS) is 23.9. The van der Waals surface area contributed by atoms with Crippen LogP contribution in [0.25, 0.3) is 0 Å². The molecule has 0 aliphatic heterocycles. The maximum absolute atomic E-state index is 12.9. The third kappa shape index (κ3) is 4.90. The molecule has 1 saturated carbocycles. The van der Waals surface area contributed by atoms with Gasteiger partial charge in [0.1, 0.15) is 0 Å². The van der Waals surface area contributed by atoms with Gasteiger partial charge in [-0.15, -0.1) is 0 Å². The first-order chi connectivity index (χ1) is 14.1. The number of benzene rings is 1. The van der Waals surface area contributed by atoms with Crippen LogP contribution in [0.1, 0.15) is 48.8 Å². The molecule has 0 saturated heterocycles. The van der Waals surface area contributed by atoms with Crippen LogP contribution in [-0.2, 0) is 24.2 Å². The SMILES string of the molecule is O=C(NCc1ccc2c(c1)CCCC2)C1CCC(Nc2ncc(F)cn2)C(O)C1. The monoisotopic (exact) mass is 398 g/mol. The first kappa shape index (κ1) is 19.8. The Balaban J connectivity index is 1.27. The van der Waals surface area contributed by atoms with Crippen LogP contribution in [0.2, 0.25) is 0 Å². The highest BCUT2D eigenvalue weighted by Crippen LogP contribution is 2.27. The molecule has 0 radical (unpaired) electrons. The Bertz CT molecular complexity index is 858. The van der Waals surface area contributed by atoms with E-state index < -0.39 is 11.9 Å². The standard InChI is InChI=1S/C22H27FN4O2/c23-18-12-25-22(26-13-18)27-19-8-7-17(10-20(19)28)21(29)24-11-14-5-6-15-3-1-2-4-16(15)9-14/h5-6,9,12-13,17,19-20,28H,1-4,7-8,10-11H2,(H,24,29)(H,25,26,27). The number of hydrogen-bond acceptors (Lipinski definition) is 5. The topological polar surface area (TPSA) is 87.1 Å². The summed E-state index contributed by atoms with van der Waals surface area (Å²) in [6, 6.07) is 6.26. The molecule has 3 N–H and O–H groups in total. The van der Waals surface area contributed by atoms with Gasteiger partial charge in [0.2, 0.25) is 11.9 Å². The van der Waals surface area contributed by atoms with Gasteiger partial charge in [0.15, 0.2) is 5.82 Å². The second kappa shape index (κ2) is 8.86. The first-order valence-electron chi connectivity index (χ1n) is 10.4. The highest BCUT2D eigenvalue weighted by Gasteiger charge is 2.33. The third-order valence-corrected chi connectivity index (χ3v) is 6.00. The number of amides is 1. The van der Waals surface area contributed by atoms with Gasteiger partial charge in [0.25, 0.3) is 0 Å². The maximum atomic E-state index is 12.9. The number of anilines is 1. The Morgan fingerprint density at radius 3 is 2.66 bits per heavy atom. The number of rotatable bonds is 5. The summed E-state index contributed by atoms with van der Waals surface area (Å²) in [5.41, 5.74) is 3.97. The van der Waals surface area contributed by atoms with Crippen LogP contribution in [0, 0.1) is 11.7 Å². The van der Waals surface area contributed by atoms with Crippen LogP contribution in [0.4, 0.5) is 10.3 Å². The van der Waals surface area contributed by atoms with E-state index in [1.807, 2.05) is 0 Å². The predicted molar refractivity (Wildman–Crippen MR) is 108 cm³/mol. The lowest BCUT2D eigenvalue weighted by Crippen LogP contribution is -2.44. The van der Waals surface area contributed by atoms with Gasteiger partial charge in [-0.3, -0.25) is 4.79 Å². The minimum absolute atomic E-state index is 0.0155.